The lowest BCUT2D eigenvalue weighted by molar-refractivity contribution is -0.108. The molecule has 102 valence electrons. The maximum atomic E-state index is 10.6. The maximum Gasteiger partial charge on any atom is 0.145 e. The Morgan fingerprint density at radius 2 is 2.11 bits per heavy atom. The summed E-state index contributed by atoms with van der Waals surface area (Å²) in [5.41, 5.74) is 1.66. The molecule has 0 spiro atoms. The Bertz CT molecular complexity index is 336. The van der Waals surface area contributed by atoms with Crippen LogP contribution in [0.5, 0.6) is 0 Å². The molecule has 0 saturated heterocycles. The van der Waals surface area contributed by atoms with E-state index in [4.69, 9.17) is 5.41 Å². The molecular weight excluding hydrogens is 228 g/mol. The van der Waals surface area contributed by atoms with Crippen molar-refractivity contribution in [2.24, 2.45) is 5.92 Å². The molecule has 1 unspecified atom stereocenters. The van der Waals surface area contributed by atoms with Crippen LogP contribution in [0.15, 0.2) is 24.0 Å². The largest absolute Gasteiger partial charge is 0.392 e. The lowest BCUT2D eigenvalue weighted by atomic mass is 9.98. The Labute approximate surface area is 109 Å². The second kappa shape index (κ2) is 8.33. The van der Waals surface area contributed by atoms with Gasteiger partial charge in [-0.05, 0) is 6.92 Å². The molecule has 5 nitrogen and oxygen atoms in total. The third-order valence-electron chi connectivity index (χ3n) is 2.77. The fourth-order valence-electron chi connectivity index (χ4n) is 1.58. The third-order valence-corrected chi connectivity index (χ3v) is 2.77. The minimum absolute atomic E-state index is 0.0838. The van der Waals surface area contributed by atoms with Crippen molar-refractivity contribution in [3.8, 4) is 0 Å². The van der Waals surface area contributed by atoms with E-state index >= 15 is 0 Å². The van der Waals surface area contributed by atoms with Crippen LogP contribution in [0, 0.1) is 11.3 Å². The van der Waals surface area contributed by atoms with Crippen LogP contribution in [0.1, 0.15) is 13.3 Å². The number of hydrogen-bond acceptors (Lipinski definition) is 4. The van der Waals surface area contributed by atoms with Crippen LogP contribution in [-0.2, 0) is 4.79 Å². The van der Waals surface area contributed by atoms with E-state index in [1.807, 2.05) is 18.9 Å². The number of aldehydes is 1. The molecule has 0 amide bonds. The van der Waals surface area contributed by atoms with Crippen molar-refractivity contribution in [1.29, 1.82) is 5.41 Å². The SMILES string of the molecule is C=C(C)C(CC=O)CN(C)C(=N)/C(=C\NC)NC. The van der Waals surface area contributed by atoms with Gasteiger partial charge in [-0.15, -0.1) is 0 Å². The van der Waals surface area contributed by atoms with Crippen LogP contribution in [-0.4, -0.2) is 44.7 Å². The average molecular weight is 252 g/mol. The van der Waals surface area contributed by atoms with E-state index in [0.29, 0.717) is 24.5 Å². The van der Waals surface area contributed by atoms with Gasteiger partial charge in [-0.3, -0.25) is 5.41 Å². The van der Waals surface area contributed by atoms with Crippen LogP contribution in [0.3, 0.4) is 0 Å². The second-order valence-corrected chi connectivity index (χ2v) is 4.27. The normalized spacial score (nSPS) is 12.6. The zero-order valence-electron chi connectivity index (χ0n) is 11.7. The molecule has 3 N–H and O–H groups in total. The minimum atomic E-state index is 0.0838. The predicted octanol–water partition coefficient (Wildman–Crippen LogP) is 0.957. The van der Waals surface area contributed by atoms with Gasteiger partial charge in [0.05, 0.1) is 5.70 Å². The highest BCUT2D eigenvalue weighted by molar-refractivity contribution is 5.94. The van der Waals surface area contributed by atoms with Crippen molar-refractivity contribution in [2.45, 2.75) is 13.3 Å². The zero-order valence-corrected chi connectivity index (χ0v) is 11.7. The lowest BCUT2D eigenvalue weighted by Crippen LogP contribution is -2.36. The number of carbonyl (C=O) groups is 1. The lowest BCUT2D eigenvalue weighted by Gasteiger charge is -2.26. The number of amidine groups is 1. The van der Waals surface area contributed by atoms with Crippen molar-refractivity contribution in [2.75, 3.05) is 27.7 Å². The summed E-state index contributed by atoms with van der Waals surface area (Å²) in [6.07, 6.45) is 3.07. The Morgan fingerprint density at radius 3 is 2.50 bits per heavy atom. The molecule has 0 aromatic heterocycles. The van der Waals surface area contributed by atoms with Crippen molar-refractivity contribution in [3.05, 3.63) is 24.0 Å². The summed E-state index contributed by atoms with van der Waals surface area (Å²) in [5, 5.41) is 13.9. The maximum absolute atomic E-state index is 10.6. The van der Waals surface area contributed by atoms with E-state index in [2.05, 4.69) is 17.2 Å². The summed E-state index contributed by atoms with van der Waals surface area (Å²) in [6, 6.07) is 0. The molecule has 1 atom stereocenters. The van der Waals surface area contributed by atoms with E-state index in [0.717, 1.165) is 11.9 Å². The number of nitrogens with one attached hydrogen (secondary N) is 3. The first kappa shape index (κ1) is 16.2. The first-order valence-corrected chi connectivity index (χ1v) is 5.92. The van der Waals surface area contributed by atoms with Gasteiger partial charge < -0.3 is 20.3 Å². The average Bonchev–Trinajstić information content (AvgIpc) is 2.34. The van der Waals surface area contributed by atoms with E-state index in [1.165, 1.54) is 0 Å². The molecule has 18 heavy (non-hydrogen) atoms. The summed E-state index contributed by atoms with van der Waals surface area (Å²) in [7, 11) is 5.39. The van der Waals surface area contributed by atoms with Crippen molar-refractivity contribution >= 4 is 12.1 Å². The quantitative estimate of drug-likeness (QED) is 0.260. The molecule has 0 rings (SSSR count). The van der Waals surface area contributed by atoms with Crippen molar-refractivity contribution in [3.63, 3.8) is 0 Å². The zero-order chi connectivity index (χ0) is 14.1. The van der Waals surface area contributed by atoms with Gasteiger partial charge in [0.1, 0.15) is 12.1 Å². The van der Waals surface area contributed by atoms with Gasteiger partial charge in [-0.2, -0.15) is 0 Å². The van der Waals surface area contributed by atoms with Gasteiger partial charge in [-0.1, -0.05) is 12.2 Å². The van der Waals surface area contributed by atoms with E-state index in [1.54, 1.807) is 20.3 Å². The number of hydrogen-bond donors (Lipinski definition) is 3. The summed E-state index contributed by atoms with van der Waals surface area (Å²) in [4.78, 5) is 12.4. The summed E-state index contributed by atoms with van der Waals surface area (Å²) in [6.45, 7) is 6.41. The molecule has 0 saturated carbocycles. The summed E-state index contributed by atoms with van der Waals surface area (Å²) < 4.78 is 0. The monoisotopic (exact) mass is 252 g/mol. The Hall–Kier alpha value is -1.78. The first-order valence-electron chi connectivity index (χ1n) is 5.92. The Balaban J connectivity index is 4.68. The third kappa shape index (κ3) is 5.03. The van der Waals surface area contributed by atoms with Gasteiger partial charge in [0, 0.05) is 46.2 Å². The molecule has 0 fully saturated rings. The standard InChI is InChI=1S/C13H24N4O/c1-10(2)11(6-7-18)9-17(5)13(14)12(16-4)8-15-3/h7-8,11,14-16H,1,6,9H2,2-5H3/b12-8+,14-13?. The van der Waals surface area contributed by atoms with Gasteiger partial charge in [0.2, 0.25) is 0 Å². The Kier molecular flexibility index (Phi) is 7.51. The fourth-order valence-corrected chi connectivity index (χ4v) is 1.58. The highest BCUT2D eigenvalue weighted by atomic mass is 16.1. The molecule has 0 aliphatic rings. The molecule has 0 bridgehead atoms. The van der Waals surface area contributed by atoms with Gasteiger partial charge >= 0.3 is 0 Å². The van der Waals surface area contributed by atoms with Crippen molar-refractivity contribution in [1.82, 2.24) is 15.5 Å². The van der Waals surface area contributed by atoms with Gasteiger partial charge in [0.25, 0.3) is 0 Å². The van der Waals surface area contributed by atoms with Crippen LogP contribution in [0.4, 0.5) is 0 Å². The summed E-state index contributed by atoms with van der Waals surface area (Å²) in [5.74, 6) is 0.463. The van der Waals surface area contributed by atoms with E-state index in [-0.39, 0.29) is 5.92 Å². The highest BCUT2D eigenvalue weighted by Gasteiger charge is 2.16. The van der Waals surface area contributed by atoms with Crippen LogP contribution >= 0.6 is 0 Å². The minimum Gasteiger partial charge on any atom is -0.392 e. The predicted molar refractivity (Wildman–Crippen MR) is 75.5 cm³/mol. The number of likely N-dealkylation sites (N-methyl/N-ethyl adjacent to an activating group) is 2. The van der Waals surface area contributed by atoms with E-state index in [9.17, 15) is 4.79 Å². The fraction of sp³-hybridized carbons (Fsp3) is 0.538. The number of carbonyl (C=O) groups excluding carboxylic acids is 1. The molecule has 5 heteroatoms. The van der Waals surface area contributed by atoms with Gasteiger partial charge in [0.15, 0.2) is 0 Å². The summed E-state index contributed by atoms with van der Waals surface area (Å²) >= 11 is 0. The van der Waals surface area contributed by atoms with Crippen LogP contribution in [0.2, 0.25) is 0 Å². The molecule has 0 aromatic carbocycles. The first-order chi connectivity index (χ1) is 8.47. The second-order valence-electron chi connectivity index (χ2n) is 4.27. The smallest absolute Gasteiger partial charge is 0.145 e. The molecular formula is C13H24N4O. The molecule has 0 aliphatic carbocycles. The van der Waals surface area contributed by atoms with E-state index < -0.39 is 0 Å². The highest BCUT2D eigenvalue weighted by Crippen LogP contribution is 2.13. The topological polar surface area (TPSA) is 68.2 Å². The number of rotatable bonds is 8. The van der Waals surface area contributed by atoms with Crippen LogP contribution in [0.25, 0.3) is 0 Å². The molecule has 0 heterocycles. The molecule has 0 aromatic rings. The Morgan fingerprint density at radius 1 is 1.50 bits per heavy atom. The molecule has 0 aliphatic heterocycles. The molecule has 0 radical (unpaired) electrons. The van der Waals surface area contributed by atoms with Gasteiger partial charge in [-0.25, -0.2) is 0 Å². The van der Waals surface area contributed by atoms with Crippen molar-refractivity contribution < 1.29 is 4.79 Å². The number of nitrogens with zero attached hydrogens (tertiary/aromatic N) is 1. The van der Waals surface area contributed by atoms with Crippen LogP contribution < -0.4 is 10.6 Å².